The highest BCUT2D eigenvalue weighted by molar-refractivity contribution is 7.99. The smallest absolute Gasteiger partial charge is 0.352 e. The maximum absolute atomic E-state index is 13.2. The number of rotatable bonds is 10. The van der Waals surface area contributed by atoms with Crippen molar-refractivity contribution in [2.24, 2.45) is 0 Å². The van der Waals surface area contributed by atoms with Gasteiger partial charge in [0.25, 0.3) is 11.6 Å². The summed E-state index contributed by atoms with van der Waals surface area (Å²) >= 11 is 2.56. The number of thiophene rings is 1. The van der Waals surface area contributed by atoms with Gasteiger partial charge in [-0.2, -0.15) is 0 Å². The predicted molar refractivity (Wildman–Crippen MR) is 119 cm³/mol. The average Bonchev–Trinajstić information content (AvgIpc) is 3.65. The zero-order valence-corrected chi connectivity index (χ0v) is 20.2. The van der Waals surface area contributed by atoms with Crippen molar-refractivity contribution < 1.29 is 29.0 Å². The molecule has 0 saturated carbocycles. The van der Waals surface area contributed by atoms with Crippen LogP contribution in [0.25, 0.3) is 0 Å². The summed E-state index contributed by atoms with van der Waals surface area (Å²) in [6, 6.07) is 3.61. The lowest BCUT2D eigenvalue weighted by Gasteiger charge is -2.55. The molecule has 5 heterocycles. The van der Waals surface area contributed by atoms with Gasteiger partial charge in [-0.25, -0.2) is 14.6 Å². The summed E-state index contributed by atoms with van der Waals surface area (Å²) in [6.45, 7) is 0.0699. The van der Waals surface area contributed by atoms with Crippen LogP contribution in [0.15, 0.2) is 33.9 Å². The normalized spacial score (nSPS) is 21.3. The Kier molecular flexibility index (Phi) is 6.48. The predicted octanol–water partition coefficient (Wildman–Crippen LogP) is -1.37. The van der Waals surface area contributed by atoms with Gasteiger partial charge in [-0.3, -0.25) is 14.5 Å². The van der Waals surface area contributed by atoms with Crippen molar-refractivity contribution in [2.75, 3.05) is 19.5 Å². The van der Waals surface area contributed by atoms with E-state index < -0.39 is 29.7 Å². The molecule has 18 heteroatoms. The van der Waals surface area contributed by atoms with Crippen LogP contribution in [-0.2, 0) is 36.8 Å². The van der Waals surface area contributed by atoms with Crippen molar-refractivity contribution in [2.45, 2.75) is 30.1 Å². The van der Waals surface area contributed by atoms with Gasteiger partial charge < -0.3 is 19.9 Å². The number of carbonyl (C=O) groups excluding carboxylic acids is 2. The molecule has 36 heavy (non-hydrogen) atoms. The van der Waals surface area contributed by atoms with Crippen molar-refractivity contribution >= 4 is 40.9 Å². The molecule has 2 amide bonds. The van der Waals surface area contributed by atoms with E-state index in [1.54, 1.807) is 6.07 Å². The lowest BCUT2D eigenvalue weighted by molar-refractivity contribution is -0.258. The quantitative estimate of drug-likeness (QED) is 0.156. The van der Waals surface area contributed by atoms with Gasteiger partial charge >= 0.3 is 5.97 Å². The molecule has 0 radical (unpaired) electrons. The molecule has 0 aliphatic carbocycles. The summed E-state index contributed by atoms with van der Waals surface area (Å²) in [4.78, 5) is 39.7. The number of fused-ring (bicyclic) bond motifs is 1. The number of hydrogen-bond donors (Lipinski definition) is 3. The molecule has 5 rings (SSSR count). The van der Waals surface area contributed by atoms with Gasteiger partial charge in [0.1, 0.15) is 12.2 Å². The maximum Gasteiger partial charge on any atom is 0.352 e. The number of amides is 2. The Morgan fingerprint density at radius 1 is 1.42 bits per heavy atom. The van der Waals surface area contributed by atoms with Crippen LogP contribution < -0.4 is 5.32 Å². The number of carboxylic acids is 1. The molecule has 16 nitrogen and oxygen atoms in total. The first-order valence-electron chi connectivity index (χ1n) is 10.3. The Hall–Kier alpha value is -3.74. The van der Waals surface area contributed by atoms with Crippen LogP contribution >= 0.6 is 23.1 Å². The molecule has 3 N–H and O–H groups in total. The molecule has 1 unspecified atom stereocenters. The summed E-state index contributed by atoms with van der Waals surface area (Å²) in [6.07, 6.45) is -1.09. The number of aliphatic carboxylic acids is 1. The summed E-state index contributed by atoms with van der Waals surface area (Å²) in [7, 11) is 1.25. The van der Waals surface area contributed by atoms with Gasteiger partial charge in [0.15, 0.2) is 12.1 Å². The molecule has 1 fully saturated rings. The number of thioether (sulfide) groups is 1. The van der Waals surface area contributed by atoms with Crippen LogP contribution in [0.4, 0.5) is 0 Å². The molecule has 2 aliphatic rings. The summed E-state index contributed by atoms with van der Waals surface area (Å²) in [5.41, 5.74) is -1.71. The Labute approximate surface area is 210 Å². The first kappa shape index (κ1) is 24.0. The minimum Gasteiger partial charge on any atom is -0.477 e. The SMILES string of the molecule is CO[C@@]1(NC(=O)Cc2cccs2)C(=O)N2C(C(=O)O)=C(CSc3nnnn3Cc3nnn[nH]3)COC21. The van der Waals surface area contributed by atoms with Crippen molar-refractivity contribution in [3.05, 3.63) is 39.5 Å². The van der Waals surface area contributed by atoms with Crippen LogP contribution in [0.3, 0.4) is 0 Å². The highest BCUT2D eigenvalue weighted by Gasteiger charge is 2.67. The number of nitrogens with zero attached hydrogens (tertiary/aromatic N) is 8. The molecule has 0 bridgehead atoms. The van der Waals surface area contributed by atoms with Crippen molar-refractivity contribution in [1.29, 1.82) is 0 Å². The third-order valence-electron chi connectivity index (χ3n) is 5.44. The average molecular weight is 535 g/mol. The van der Waals surface area contributed by atoms with E-state index in [1.165, 1.54) is 23.1 Å². The van der Waals surface area contributed by atoms with Crippen LogP contribution in [-0.4, -0.2) is 100 Å². The number of methoxy groups -OCH3 is 1. The van der Waals surface area contributed by atoms with Gasteiger partial charge in [0.05, 0.1) is 13.0 Å². The Bertz CT molecular complexity index is 1310. The first-order chi connectivity index (χ1) is 17.4. The van der Waals surface area contributed by atoms with Crippen molar-refractivity contribution in [1.82, 2.24) is 51.0 Å². The number of carboxylic acid groups (broad SMARTS) is 1. The van der Waals surface area contributed by atoms with Crippen LogP contribution in [0, 0.1) is 0 Å². The minimum atomic E-state index is -1.82. The summed E-state index contributed by atoms with van der Waals surface area (Å²) in [5, 5.41) is 39.5. The fraction of sp³-hybridized carbons (Fsp3) is 0.389. The number of H-pyrrole nitrogens is 1. The zero-order valence-electron chi connectivity index (χ0n) is 18.5. The molecule has 1 saturated heterocycles. The van der Waals surface area contributed by atoms with Gasteiger partial charge in [-0.1, -0.05) is 17.8 Å². The highest BCUT2D eigenvalue weighted by Crippen LogP contribution is 2.41. The van der Waals surface area contributed by atoms with E-state index in [1.807, 2.05) is 11.4 Å². The fourth-order valence-electron chi connectivity index (χ4n) is 3.82. The fourth-order valence-corrected chi connectivity index (χ4v) is 5.39. The third-order valence-corrected chi connectivity index (χ3v) is 7.36. The van der Waals surface area contributed by atoms with E-state index in [9.17, 15) is 19.5 Å². The number of ether oxygens (including phenoxy) is 2. The Balaban J connectivity index is 1.31. The van der Waals surface area contributed by atoms with Crippen molar-refractivity contribution in [3.63, 3.8) is 0 Å². The van der Waals surface area contributed by atoms with Crippen molar-refractivity contribution in [3.8, 4) is 0 Å². The van der Waals surface area contributed by atoms with Gasteiger partial charge in [0.2, 0.25) is 11.1 Å². The number of tetrazole rings is 2. The van der Waals surface area contributed by atoms with E-state index >= 15 is 0 Å². The van der Waals surface area contributed by atoms with E-state index in [2.05, 4.69) is 41.5 Å². The number of hydrogen-bond acceptors (Lipinski definition) is 13. The second-order valence-corrected chi connectivity index (χ2v) is 9.57. The first-order valence-corrected chi connectivity index (χ1v) is 12.2. The molecule has 2 atom stereocenters. The van der Waals surface area contributed by atoms with Crippen LogP contribution in [0.2, 0.25) is 0 Å². The number of nitrogens with one attached hydrogen (secondary N) is 2. The Morgan fingerprint density at radius 3 is 2.97 bits per heavy atom. The molecular weight excluding hydrogens is 516 g/mol. The summed E-state index contributed by atoms with van der Waals surface area (Å²) < 4.78 is 12.6. The molecular formula is C18H18N10O6S2. The van der Waals surface area contributed by atoms with E-state index in [0.29, 0.717) is 16.6 Å². The minimum absolute atomic E-state index is 0.0468. The molecule has 0 aromatic carbocycles. The third kappa shape index (κ3) is 4.23. The number of aromatic nitrogens is 8. The monoisotopic (exact) mass is 534 g/mol. The van der Waals surface area contributed by atoms with Gasteiger partial charge in [-0.15, -0.1) is 21.5 Å². The molecule has 188 valence electrons. The summed E-state index contributed by atoms with van der Waals surface area (Å²) in [5.74, 6) is -1.95. The lowest BCUT2D eigenvalue weighted by atomic mass is 9.94. The second-order valence-electron chi connectivity index (χ2n) is 7.60. The molecule has 2 aliphatic heterocycles. The number of β-lactam (4-membered cyclic amide) rings is 1. The topological polar surface area (TPSA) is 203 Å². The zero-order chi connectivity index (χ0) is 25.3. The van der Waals surface area contributed by atoms with Crippen LogP contribution in [0.5, 0.6) is 0 Å². The van der Waals surface area contributed by atoms with E-state index in [-0.39, 0.29) is 31.0 Å². The van der Waals surface area contributed by atoms with E-state index in [4.69, 9.17) is 9.47 Å². The van der Waals surface area contributed by atoms with Gasteiger partial charge in [0, 0.05) is 17.7 Å². The second kappa shape index (κ2) is 9.72. The highest BCUT2D eigenvalue weighted by atomic mass is 32.2. The standard InChI is InChI=1S/C18H18N10O6S2/c1-33-18(19-12(29)5-10-3-2-4-35-10)15(32)28-13(14(30)31)9(7-34-16(18)28)8-36-17-22-25-26-27(17)6-11-20-23-24-21-11/h2-4,16H,5-8H2,1H3,(H,19,29)(H,30,31)(H,20,21,23,24)/t16?,18-/m0/s1. The number of carbonyl (C=O) groups is 3. The van der Waals surface area contributed by atoms with Gasteiger partial charge in [-0.05, 0) is 37.9 Å². The molecule has 3 aromatic heterocycles. The molecule has 0 spiro atoms. The van der Waals surface area contributed by atoms with E-state index in [0.717, 1.165) is 21.5 Å². The molecule has 3 aromatic rings. The number of aromatic amines is 1. The lowest BCUT2D eigenvalue weighted by Crippen LogP contribution is -2.82. The largest absolute Gasteiger partial charge is 0.477 e. The Morgan fingerprint density at radius 2 is 2.28 bits per heavy atom. The maximum atomic E-state index is 13.2. The van der Waals surface area contributed by atoms with Crippen LogP contribution in [0.1, 0.15) is 10.7 Å².